The van der Waals surface area contributed by atoms with Crippen LogP contribution in [0.3, 0.4) is 0 Å². The summed E-state index contributed by atoms with van der Waals surface area (Å²) in [5, 5.41) is 4.36. The van der Waals surface area contributed by atoms with E-state index in [0.29, 0.717) is 12.0 Å². The molecule has 1 saturated heterocycles. The van der Waals surface area contributed by atoms with E-state index in [2.05, 4.69) is 19.2 Å². The third-order valence-electron chi connectivity index (χ3n) is 3.36. The number of benzene rings is 1. The molecule has 17 heavy (non-hydrogen) atoms. The Balaban J connectivity index is 2.01. The van der Waals surface area contributed by atoms with Gasteiger partial charge in [-0.2, -0.15) is 0 Å². The van der Waals surface area contributed by atoms with E-state index in [0.717, 1.165) is 24.6 Å². The van der Waals surface area contributed by atoms with Crippen molar-refractivity contribution in [3.63, 3.8) is 0 Å². The SMILES string of the molecule is CC(C)C1CCOC(c2ccc(Cl)cc2)CN1. The summed E-state index contributed by atoms with van der Waals surface area (Å²) in [5.74, 6) is 0.655. The molecule has 0 aromatic heterocycles. The number of nitrogens with one attached hydrogen (secondary N) is 1. The Morgan fingerprint density at radius 1 is 1.29 bits per heavy atom. The fourth-order valence-corrected chi connectivity index (χ4v) is 2.34. The molecule has 1 aliphatic rings. The molecular formula is C14H20ClNO. The Bertz CT molecular complexity index is 350. The van der Waals surface area contributed by atoms with Crippen LogP contribution in [0.15, 0.2) is 24.3 Å². The van der Waals surface area contributed by atoms with Gasteiger partial charge in [0.2, 0.25) is 0 Å². The van der Waals surface area contributed by atoms with Gasteiger partial charge in [0.15, 0.2) is 0 Å². The summed E-state index contributed by atoms with van der Waals surface area (Å²) in [6.45, 7) is 6.20. The highest BCUT2D eigenvalue weighted by molar-refractivity contribution is 6.30. The fourth-order valence-electron chi connectivity index (χ4n) is 2.22. The molecule has 2 nitrogen and oxygen atoms in total. The van der Waals surface area contributed by atoms with E-state index in [1.54, 1.807) is 0 Å². The first-order valence-corrected chi connectivity index (χ1v) is 6.65. The summed E-state index contributed by atoms with van der Waals surface area (Å²) >= 11 is 5.89. The number of ether oxygens (including phenoxy) is 1. The Labute approximate surface area is 108 Å². The second-order valence-corrected chi connectivity index (χ2v) is 5.39. The van der Waals surface area contributed by atoms with Crippen LogP contribution in [-0.2, 0) is 4.74 Å². The highest BCUT2D eigenvalue weighted by Gasteiger charge is 2.21. The van der Waals surface area contributed by atoms with Gasteiger partial charge in [-0.05, 0) is 30.0 Å². The highest BCUT2D eigenvalue weighted by atomic mass is 35.5. The number of hydrogen-bond donors (Lipinski definition) is 1. The van der Waals surface area contributed by atoms with Crippen LogP contribution in [0.4, 0.5) is 0 Å². The zero-order valence-electron chi connectivity index (χ0n) is 10.4. The van der Waals surface area contributed by atoms with Crippen LogP contribution >= 0.6 is 11.6 Å². The molecular weight excluding hydrogens is 234 g/mol. The van der Waals surface area contributed by atoms with Gasteiger partial charge in [0.25, 0.3) is 0 Å². The maximum absolute atomic E-state index is 5.90. The largest absolute Gasteiger partial charge is 0.372 e. The van der Waals surface area contributed by atoms with Gasteiger partial charge >= 0.3 is 0 Å². The molecule has 0 aliphatic carbocycles. The minimum absolute atomic E-state index is 0.149. The second kappa shape index (κ2) is 5.85. The van der Waals surface area contributed by atoms with Gasteiger partial charge in [0.1, 0.15) is 0 Å². The summed E-state index contributed by atoms with van der Waals surface area (Å²) in [6, 6.07) is 8.50. The van der Waals surface area contributed by atoms with E-state index in [1.165, 1.54) is 5.56 Å². The van der Waals surface area contributed by atoms with E-state index in [4.69, 9.17) is 16.3 Å². The quantitative estimate of drug-likeness (QED) is 0.872. The lowest BCUT2D eigenvalue weighted by atomic mass is 10.0. The van der Waals surface area contributed by atoms with Crippen molar-refractivity contribution in [1.82, 2.24) is 5.32 Å². The maximum atomic E-state index is 5.90. The Kier molecular flexibility index (Phi) is 4.43. The monoisotopic (exact) mass is 253 g/mol. The van der Waals surface area contributed by atoms with Crippen LogP contribution in [0.25, 0.3) is 0 Å². The standard InChI is InChI=1S/C14H20ClNO/c1-10(2)13-7-8-17-14(9-16-13)11-3-5-12(15)6-4-11/h3-6,10,13-14,16H,7-9H2,1-2H3. The first-order valence-electron chi connectivity index (χ1n) is 6.27. The molecule has 2 atom stereocenters. The van der Waals surface area contributed by atoms with Crippen LogP contribution < -0.4 is 5.32 Å². The summed E-state index contributed by atoms with van der Waals surface area (Å²) in [7, 11) is 0. The third-order valence-corrected chi connectivity index (χ3v) is 3.61. The molecule has 1 fully saturated rings. The summed E-state index contributed by atoms with van der Waals surface area (Å²) < 4.78 is 5.90. The van der Waals surface area contributed by atoms with Gasteiger partial charge in [0.05, 0.1) is 6.10 Å². The Morgan fingerprint density at radius 2 is 2.00 bits per heavy atom. The molecule has 0 spiro atoms. The molecule has 1 aromatic carbocycles. The van der Waals surface area contributed by atoms with Crippen molar-refractivity contribution < 1.29 is 4.74 Å². The van der Waals surface area contributed by atoms with Crippen LogP contribution in [0.2, 0.25) is 5.02 Å². The van der Waals surface area contributed by atoms with Gasteiger partial charge in [-0.1, -0.05) is 37.6 Å². The van der Waals surface area contributed by atoms with Crippen LogP contribution in [0.5, 0.6) is 0 Å². The van der Waals surface area contributed by atoms with Crippen LogP contribution in [-0.4, -0.2) is 19.2 Å². The van der Waals surface area contributed by atoms with Gasteiger partial charge in [-0.25, -0.2) is 0 Å². The lowest BCUT2D eigenvalue weighted by Crippen LogP contribution is -2.34. The smallest absolute Gasteiger partial charge is 0.0949 e. The third kappa shape index (κ3) is 3.44. The molecule has 1 aromatic rings. The van der Waals surface area contributed by atoms with Gasteiger partial charge < -0.3 is 10.1 Å². The zero-order valence-corrected chi connectivity index (χ0v) is 11.2. The van der Waals surface area contributed by atoms with Crippen molar-refractivity contribution in [2.75, 3.05) is 13.2 Å². The summed E-state index contributed by atoms with van der Waals surface area (Å²) in [4.78, 5) is 0. The zero-order chi connectivity index (χ0) is 12.3. The van der Waals surface area contributed by atoms with Crippen LogP contribution in [0, 0.1) is 5.92 Å². The lowest BCUT2D eigenvalue weighted by Gasteiger charge is -2.19. The average molecular weight is 254 g/mol. The number of rotatable bonds is 2. The molecule has 3 heteroatoms. The second-order valence-electron chi connectivity index (χ2n) is 4.96. The molecule has 1 heterocycles. The molecule has 1 aliphatic heterocycles. The van der Waals surface area contributed by atoms with Crippen molar-refractivity contribution in [3.05, 3.63) is 34.9 Å². The molecule has 0 radical (unpaired) electrons. The molecule has 0 amide bonds. The minimum atomic E-state index is 0.149. The normalized spacial score (nSPS) is 25.9. The summed E-state index contributed by atoms with van der Waals surface area (Å²) in [6.07, 6.45) is 1.23. The van der Waals surface area contributed by atoms with E-state index in [1.807, 2.05) is 24.3 Å². The van der Waals surface area contributed by atoms with Gasteiger partial charge in [-0.15, -0.1) is 0 Å². The number of hydrogen-bond acceptors (Lipinski definition) is 2. The molecule has 2 rings (SSSR count). The van der Waals surface area contributed by atoms with Crippen molar-refractivity contribution in [2.45, 2.75) is 32.4 Å². The highest BCUT2D eigenvalue weighted by Crippen LogP contribution is 2.22. The summed E-state index contributed by atoms with van der Waals surface area (Å²) in [5.41, 5.74) is 1.20. The fraction of sp³-hybridized carbons (Fsp3) is 0.571. The molecule has 0 saturated carbocycles. The maximum Gasteiger partial charge on any atom is 0.0949 e. The van der Waals surface area contributed by atoms with Crippen molar-refractivity contribution >= 4 is 11.6 Å². The molecule has 94 valence electrons. The predicted octanol–water partition coefficient (Wildman–Crippen LogP) is 3.42. The lowest BCUT2D eigenvalue weighted by molar-refractivity contribution is 0.0660. The van der Waals surface area contributed by atoms with Crippen molar-refractivity contribution in [2.24, 2.45) is 5.92 Å². The number of halogens is 1. The first kappa shape index (κ1) is 12.9. The minimum Gasteiger partial charge on any atom is -0.372 e. The van der Waals surface area contributed by atoms with Crippen molar-refractivity contribution in [1.29, 1.82) is 0 Å². The molecule has 2 unspecified atom stereocenters. The Hall–Kier alpha value is -0.570. The van der Waals surface area contributed by atoms with E-state index in [9.17, 15) is 0 Å². The first-order chi connectivity index (χ1) is 8.16. The van der Waals surface area contributed by atoms with E-state index >= 15 is 0 Å². The van der Waals surface area contributed by atoms with E-state index in [-0.39, 0.29) is 6.10 Å². The van der Waals surface area contributed by atoms with Gasteiger partial charge in [-0.3, -0.25) is 0 Å². The Morgan fingerprint density at radius 3 is 2.65 bits per heavy atom. The topological polar surface area (TPSA) is 21.3 Å². The molecule has 1 N–H and O–H groups in total. The average Bonchev–Trinajstić information content (AvgIpc) is 2.55. The predicted molar refractivity (Wildman–Crippen MR) is 71.4 cm³/mol. The van der Waals surface area contributed by atoms with Gasteiger partial charge in [0, 0.05) is 24.2 Å². The van der Waals surface area contributed by atoms with Crippen LogP contribution in [0.1, 0.15) is 31.9 Å². The van der Waals surface area contributed by atoms with E-state index < -0.39 is 0 Å². The van der Waals surface area contributed by atoms with Crippen molar-refractivity contribution in [3.8, 4) is 0 Å². The molecule has 0 bridgehead atoms.